The number of aromatic nitrogens is 1. The van der Waals surface area contributed by atoms with Crippen LogP contribution in [-0.4, -0.2) is 18.1 Å². The Bertz CT molecular complexity index is 348. The highest BCUT2D eigenvalue weighted by molar-refractivity contribution is 5.45. The third kappa shape index (κ3) is 1.85. The predicted octanol–water partition coefficient (Wildman–Crippen LogP) is 1.76. The summed E-state index contributed by atoms with van der Waals surface area (Å²) in [4.78, 5) is 6.50. The Kier molecular flexibility index (Phi) is 2.64. The van der Waals surface area contributed by atoms with Gasteiger partial charge in [0.15, 0.2) is 0 Å². The first-order valence-electron chi connectivity index (χ1n) is 4.83. The zero-order valence-corrected chi connectivity index (χ0v) is 7.98. The number of rotatable bonds is 1. The maximum Gasteiger partial charge on any atom is 0.129 e. The Morgan fingerprint density at radius 2 is 2.14 bits per heavy atom. The largest absolute Gasteiger partial charge is 0.357 e. The molecule has 0 amide bonds. The average molecular weight is 186 g/mol. The molecule has 3 heteroatoms. The molecule has 0 spiro atoms. The number of piperidine rings is 1. The van der Waals surface area contributed by atoms with Gasteiger partial charge < -0.3 is 4.90 Å². The summed E-state index contributed by atoms with van der Waals surface area (Å²) in [5, 5.41) is 8.76. The molecule has 1 aromatic rings. The molecular weight excluding hydrogens is 174 g/mol. The van der Waals surface area contributed by atoms with Crippen molar-refractivity contribution in [2.75, 3.05) is 18.0 Å². The van der Waals surface area contributed by atoms with Crippen molar-refractivity contribution in [2.45, 2.75) is 12.8 Å². The van der Waals surface area contributed by atoms with Gasteiger partial charge in [0.2, 0.25) is 0 Å². The third-order valence-corrected chi connectivity index (χ3v) is 2.40. The minimum absolute atomic E-state index is 0.685. The summed E-state index contributed by atoms with van der Waals surface area (Å²) in [5.41, 5.74) is 0.685. The minimum atomic E-state index is 0.685. The molecule has 0 atom stereocenters. The molecule has 1 radical (unpaired) electrons. The first kappa shape index (κ1) is 9.01. The van der Waals surface area contributed by atoms with Crippen molar-refractivity contribution in [3.8, 4) is 6.07 Å². The molecule has 1 aliphatic rings. The fourth-order valence-electron chi connectivity index (χ4n) is 1.64. The standard InChI is InChI=1S/C11H12N3/c12-9-10-4-5-13-11(8-10)14-6-2-1-3-7-14/h1,4-5,8H,2-3,6-7H2. The lowest BCUT2D eigenvalue weighted by Gasteiger charge is -2.27. The number of hydrogen-bond donors (Lipinski definition) is 0. The van der Waals surface area contributed by atoms with Crippen LogP contribution >= 0.6 is 0 Å². The van der Waals surface area contributed by atoms with E-state index in [4.69, 9.17) is 5.26 Å². The first-order chi connectivity index (χ1) is 6.90. The maximum absolute atomic E-state index is 8.76. The van der Waals surface area contributed by atoms with Crippen LogP contribution in [0.2, 0.25) is 0 Å². The van der Waals surface area contributed by atoms with Gasteiger partial charge in [-0.2, -0.15) is 5.26 Å². The third-order valence-electron chi connectivity index (χ3n) is 2.40. The van der Waals surface area contributed by atoms with Crippen molar-refractivity contribution >= 4 is 5.82 Å². The van der Waals surface area contributed by atoms with E-state index in [1.165, 1.54) is 0 Å². The van der Waals surface area contributed by atoms with E-state index in [1.807, 2.05) is 6.07 Å². The van der Waals surface area contributed by atoms with Gasteiger partial charge in [-0.05, 0) is 31.4 Å². The van der Waals surface area contributed by atoms with Crippen molar-refractivity contribution in [2.24, 2.45) is 0 Å². The Hall–Kier alpha value is -1.56. The topological polar surface area (TPSA) is 39.9 Å². The van der Waals surface area contributed by atoms with Gasteiger partial charge in [0.25, 0.3) is 0 Å². The van der Waals surface area contributed by atoms with E-state index in [0.29, 0.717) is 5.56 Å². The monoisotopic (exact) mass is 186 g/mol. The summed E-state index contributed by atoms with van der Waals surface area (Å²) in [6, 6.07) is 5.72. The lowest BCUT2D eigenvalue weighted by atomic mass is 10.1. The van der Waals surface area contributed by atoms with Gasteiger partial charge >= 0.3 is 0 Å². The molecule has 1 aromatic heterocycles. The van der Waals surface area contributed by atoms with Crippen molar-refractivity contribution in [1.29, 1.82) is 5.26 Å². The molecule has 71 valence electrons. The zero-order chi connectivity index (χ0) is 9.80. The van der Waals surface area contributed by atoms with Crippen LogP contribution in [0.15, 0.2) is 18.3 Å². The molecule has 1 fully saturated rings. The summed E-state index contributed by atoms with van der Waals surface area (Å²) in [7, 11) is 0. The number of nitriles is 1. The van der Waals surface area contributed by atoms with Crippen molar-refractivity contribution < 1.29 is 0 Å². The van der Waals surface area contributed by atoms with Crippen LogP contribution in [0, 0.1) is 17.8 Å². The second-order valence-corrected chi connectivity index (χ2v) is 3.37. The Morgan fingerprint density at radius 3 is 2.86 bits per heavy atom. The van der Waals surface area contributed by atoms with E-state index in [-0.39, 0.29) is 0 Å². The molecule has 14 heavy (non-hydrogen) atoms. The maximum atomic E-state index is 8.76. The number of anilines is 1. The second kappa shape index (κ2) is 4.10. The molecule has 0 aliphatic carbocycles. The van der Waals surface area contributed by atoms with Gasteiger partial charge in [-0.3, -0.25) is 0 Å². The van der Waals surface area contributed by atoms with E-state index >= 15 is 0 Å². The predicted molar refractivity (Wildman–Crippen MR) is 54.7 cm³/mol. The van der Waals surface area contributed by atoms with E-state index in [0.717, 1.165) is 31.7 Å². The number of nitrogens with zero attached hydrogens (tertiary/aromatic N) is 3. The highest BCUT2D eigenvalue weighted by Crippen LogP contribution is 2.17. The van der Waals surface area contributed by atoms with Crippen LogP contribution in [0.4, 0.5) is 5.82 Å². The number of pyridine rings is 1. The van der Waals surface area contributed by atoms with Crippen molar-refractivity contribution in [1.82, 2.24) is 4.98 Å². The second-order valence-electron chi connectivity index (χ2n) is 3.37. The summed E-state index contributed by atoms with van der Waals surface area (Å²) in [5.74, 6) is 0.928. The highest BCUT2D eigenvalue weighted by atomic mass is 15.2. The molecule has 3 nitrogen and oxygen atoms in total. The van der Waals surface area contributed by atoms with E-state index in [2.05, 4.69) is 22.4 Å². The highest BCUT2D eigenvalue weighted by Gasteiger charge is 2.11. The van der Waals surface area contributed by atoms with E-state index in [1.54, 1.807) is 12.3 Å². The van der Waals surface area contributed by atoms with Crippen LogP contribution in [0.25, 0.3) is 0 Å². The molecule has 1 aliphatic heterocycles. The smallest absolute Gasteiger partial charge is 0.129 e. The van der Waals surface area contributed by atoms with E-state index < -0.39 is 0 Å². The van der Waals surface area contributed by atoms with Crippen LogP contribution < -0.4 is 4.90 Å². The van der Waals surface area contributed by atoms with Gasteiger partial charge in [-0.15, -0.1) is 0 Å². The molecule has 0 aromatic carbocycles. The molecule has 0 unspecified atom stereocenters. The van der Waals surface area contributed by atoms with Crippen LogP contribution in [0.3, 0.4) is 0 Å². The van der Waals surface area contributed by atoms with Gasteiger partial charge in [0.1, 0.15) is 5.82 Å². The van der Waals surface area contributed by atoms with Gasteiger partial charge in [-0.1, -0.05) is 0 Å². The van der Waals surface area contributed by atoms with Gasteiger partial charge in [0, 0.05) is 19.3 Å². The summed E-state index contributed by atoms with van der Waals surface area (Å²) < 4.78 is 0. The Balaban J connectivity index is 2.18. The van der Waals surface area contributed by atoms with Crippen LogP contribution in [0.1, 0.15) is 18.4 Å². The lowest BCUT2D eigenvalue weighted by molar-refractivity contribution is 0.671. The SMILES string of the molecule is N#Cc1ccnc(N2CC[CH]CC2)c1. The summed E-state index contributed by atoms with van der Waals surface area (Å²) in [6.45, 7) is 2.03. The molecule has 0 N–H and O–H groups in total. The average Bonchev–Trinajstić information content (AvgIpc) is 2.30. The fourth-order valence-corrected chi connectivity index (χ4v) is 1.64. The molecule has 0 saturated carbocycles. The van der Waals surface area contributed by atoms with E-state index in [9.17, 15) is 0 Å². The molecule has 0 bridgehead atoms. The normalized spacial score (nSPS) is 16.4. The van der Waals surface area contributed by atoms with Crippen molar-refractivity contribution in [3.05, 3.63) is 30.3 Å². The van der Waals surface area contributed by atoms with Gasteiger partial charge in [-0.25, -0.2) is 4.98 Å². The summed E-state index contributed by atoms with van der Waals surface area (Å²) in [6.07, 6.45) is 6.22. The Morgan fingerprint density at radius 1 is 1.36 bits per heavy atom. The van der Waals surface area contributed by atoms with Crippen LogP contribution in [0.5, 0.6) is 0 Å². The molecule has 1 saturated heterocycles. The lowest BCUT2D eigenvalue weighted by Crippen LogP contribution is -2.30. The molecule has 2 rings (SSSR count). The number of hydrogen-bond acceptors (Lipinski definition) is 3. The van der Waals surface area contributed by atoms with Gasteiger partial charge in [0.05, 0.1) is 11.6 Å². The quantitative estimate of drug-likeness (QED) is 0.671. The minimum Gasteiger partial charge on any atom is -0.357 e. The molecular formula is C11H12N3. The first-order valence-corrected chi connectivity index (χ1v) is 4.83. The van der Waals surface area contributed by atoms with Crippen molar-refractivity contribution in [3.63, 3.8) is 0 Å². The zero-order valence-electron chi connectivity index (χ0n) is 7.98. The Labute approximate surface area is 84.0 Å². The molecule has 2 heterocycles. The summed E-state index contributed by atoms with van der Waals surface area (Å²) >= 11 is 0. The van der Waals surface area contributed by atoms with Crippen LogP contribution in [-0.2, 0) is 0 Å². The fraction of sp³-hybridized carbons (Fsp3) is 0.364.